The fourth-order valence-corrected chi connectivity index (χ4v) is 5.11. The van der Waals surface area contributed by atoms with Gasteiger partial charge in [0.05, 0.1) is 20.4 Å². The average molecular weight is 562 g/mol. The topological polar surface area (TPSA) is 247 Å². The van der Waals surface area contributed by atoms with Crippen LogP contribution in [-0.2, 0) is 30.4 Å². The van der Waals surface area contributed by atoms with Crippen molar-refractivity contribution >= 4 is 64.2 Å². The van der Waals surface area contributed by atoms with Gasteiger partial charge < -0.3 is 10.6 Å². The Morgan fingerprint density at radius 3 is 1.89 bits per heavy atom. The second-order valence-corrected chi connectivity index (χ2v) is 11.5. The largest absolute Gasteiger partial charge is 0.323 e. The molecule has 0 bridgehead atoms. The number of anilines is 2. The van der Waals surface area contributed by atoms with Crippen molar-refractivity contribution in [1.29, 1.82) is 0 Å². The number of fused-ring (bicyclic) bond motifs is 1. The summed E-state index contributed by atoms with van der Waals surface area (Å²) in [5, 5.41) is 14.3. The van der Waals surface area contributed by atoms with Gasteiger partial charge in [-0.15, -0.1) is 0 Å². The maximum absolute atomic E-state index is 12.6. The summed E-state index contributed by atoms with van der Waals surface area (Å²) in [6.07, 6.45) is 0. The van der Waals surface area contributed by atoms with Crippen LogP contribution in [0.1, 0.15) is 5.56 Å². The summed E-state index contributed by atoms with van der Waals surface area (Å²) < 4.78 is 99.0. The van der Waals surface area contributed by atoms with E-state index in [1.807, 2.05) is 0 Å². The van der Waals surface area contributed by atoms with Crippen molar-refractivity contribution in [1.82, 2.24) is 0 Å². The molecule has 3 aromatic rings. The normalized spacial score (nSPS) is 12.3. The van der Waals surface area contributed by atoms with Gasteiger partial charge in [0, 0.05) is 22.7 Å². The molecule has 2 amide bonds. The number of rotatable bonds is 6. The maximum Gasteiger partial charge on any atom is 0.323 e. The van der Waals surface area contributed by atoms with Gasteiger partial charge in [-0.05, 0) is 42.6 Å². The minimum atomic E-state index is -5.23. The lowest BCUT2D eigenvalue weighted by atomic mass is 10.1. The molecule has 15 nitrogen and oxygen atoms in total. The number of hydrogen-bond acceptors (Lipinski definition) is 9. The molecule has 3 rings (SSSR count). The van der Waals surface area contributed by atoms with E-state index in [2.05, 4.69) is 10.6 Å². The van der Waals surface area contributed by atoms with Crippen molar-refractivity contribution in [2.24, 2.45) is 0 Å². The molecule has 0 fully saturated rings. The molecule has 18 heteroatoms. The summed E-state index contributed by atoms with van der Waals surface area (Å²) in [7, 11) is -15.3. The van der Waals surface area contributed by atoms with Crippen LogP contribution in [0.2, 0.25) is 0 Å². The molecule has 0 saturated carbocycles. The first-order chi connectivity index (χ1) is 16.4. The summed E-state index contributed by atoms with van der Waals surface area (Å²) >= 11 is 0. The van der Waals surface area contributed by atoms with Crippen LogP contribution in [-0.4, -0.2) is 49.9 Å². The molecule has 192 valence electrons. The number of carbonyl (C=O) groups is 1. The molecule has 0 aromatic heterocycles. The average Bonchev–Trinajstić information content (AvgIpc) is 2.71. The zero-order chi connectivity index (χ0) is 27.2. The molecular weight excluding hydrogens is 546 g/mol. The van der Waals surface area contributed by atoms with Gasteiger partial charge in [-0.3, -0.25) is 23.8 Å². The van der Waals surface area contributed by atoms with E-state index in [1.54, 1.807) is 0 Å². The van der Waals surface area contributed by atoms with E-state index < -0.39 is 72.5 Å². The number of nitrogens with zero attached hydrogens (tertiary/aromatic N) is 1. The Labute approximate surface area is 203 Å². The molecule has 0 radical (unpaired) electrons. The van der Waals surface area contributed by atoms with Crippen molar-refractivity contribution in [3.63, 3.8) is 0 Å². The number of hydrogen-bond donors (Lipinski definition) is 5. The molecule has 0 atom stereocenters. The zero-order valence-electron chi connectivity index (χ0n) is 17.7. The number of amides is 2. The fourth-order valence-electron chi connectivity index (χ4n) is 3.19. The number of nitro groups is 1. The van der Waals surface area contributed by atoms with Crippen molar-refractivity contribution < 1.29 is 48.6 Å². The fraction of sp³-hybridized carbons (Fsp3) is 0.0556. The standard InChI is InChI=1S/C18H15N3O12S3/c1-9-2-3-11(6-15(9)21(23)24)19-18(22)20-14-7-12(34(25,26)27)4-10-5-13(35(28,29)30)8-16(17(10)14)36(31,32)33/h2-8H,1H3,(H2,19,20,22)(H,25,26,27)(H,28,29,30)(H,31,32,33). The first-order valence-electron chi connectivity index (χ1n) is 9.25. The monoisotopic (exact) mass is 561 g/mol. The Hall–Kier alpha value is -3.68. The van der Waals surface area contributed by atoms with Crippen molar-refractivity contribution in [3.05, 3.63) is 58.1 Å². The smallest absolute Gasteiger partial charge is 0.307 e. The minimum Gasteiger partial charge on any atom is -0.307 e. The quantitative estimate of drug-likeness (QED) is 0.165. The summed E-state index contributed by atoms with van der Waals surface area (Å²) in [5.74, 6) is 0. The highest BCUT2D eigenvalue weighted by atomic mass is 32.2. The van der Waals surface area contributed by atoms with Gasteiger partial charge in [0.25, 0.3) is 36.0 Å². The van der Waals surface area contributed by atoms with Crippen molar-refractivity contribution in [3.8, 4) is 0 Å². The number of nitrogens with one attached hydrogen (secondary N) is 2. The van der Waals surface area contributed by atoms with E-state index in [-0.39, 0.29) is 16.9 Å². The molecule has 0 aliphatic rings. The summed E-state index contributed by atoms with van der Waals surface area (Å²) in [4.78, 5) is 19.9. The number of aryl methyl sites for hydroxylation is 1. The lowest BCUT2D eigenvalue weighted by Crippen LogP contribution is -2.20. The molecule has 0 aliphatic heterocycles. The Morgan fingerprint density at radius 2 is 1.39 bits per heavy atom. The molecule has 0 aliphatic carbocycles. The van der Waals surface area contributed by atoms with Gasteiger partial charge in [0.15, 0.2) is 0 Å². The van der Waals surface area contributed by atoms with E-state index in [0.29, 0.717) is 24.3 Å². The van der Waals surface area contributed by atoms with Gasteiger partial charge in [-0.1, -0.05) is 6.07 Å². The van der Waals surface area contributed by atoms with E-state index in [1.165, 1.54) is 19.1 Å². The number of urea groups is 1. The maximum atomic E-state index is 12.6. The predicted octanol–water partition coefficient (Wildman–Crippen LogP) is 2.44. The molecule has 3 aromatic carbocycles. The summed E-state index contributed by atoms with van der Waals surface area (Å²) in [5.41, 5.74) is -0.763. The first-order valence-corrected chi connectivity index (χ1v) is 13.6. The summed E-state index contributed by atoms with van der Waals surface area (Å²) in [6, 6.07) is 4.75. The van der Waals surface area contributed by atoms with E-state index in [9.17, 15) is 53.8 Å². The van der Waals surface area contributed by atoms with Gasteiger partial charge in [0.2, 0.25) is 0 Å². The van der Waals surface area contributed by atoms with Gasteiger partial charge in [0.1, 0.15) is 4.90 Å². The Morgan fingerprint density at radius 1 is 0.833 bits per heavy atom. The van der Waals surface area contributed by atoms with E-state index >= 15 is 0 Å². The van der Waals surface area contributed by atoms with Gasteiger partial charge in [-0.25, -0.2) is 4.79 Å². The second-order valence-electron chi connectivity index (χ2n) is 7.25. The third kappa shape index (κ3) is 5.75. The number of carbonyl (C=O) groups excluding carboxylic acids is 1. The minimum absolute atomic E-state index is 0.0799. The SMILES string of the molecule is Cc1ccc(NC(=O)Nc2cc(S(=O)(=O)O)cc3cc(S(=O)(=O)O)cc(S(=O)(=O)O)c23)cc1[N+](=O)[O-]. The lowest BCUT2D eigenvalue weighted by Gasteiger charge is -2.15. The Balaban J connectivity index is 2.23. The predicted molar refractivity (Wildman–Crippen MR) is 124 cm³/mol. The highest BCUT2D eigenvalue weighted by Crippen LogP contribution is 2.35. The number of benzene rings is 3. The third-order valence-corrected chi connectivity index (χ3v) is 7.29. The molecule has 0 heterocycles. The highest BCUT2D eigenvalue weighted by Gasteiger charge is 2.25. The molecular formula is C18H15N3O12S3. The van der Waals surface area contributed by atoms with Crippen LogP contribution in [0.5, 0.6) is 0 Å². The molecule has 0 unspecified atom stereocenters. The van der Waals surface area contributed by atoms with Crippen LogP contribution >= 0.6 is 0 Å². The Bertz CT molecular complexity index is 1760. The molecule has 5 N–H and O–H groups in total. The highest BCUT2D eigenvalue weighted by molar-refractivity contribution is 7.87. The summed E-state index contributed by atoms with van der Waals surface area (Å²) in [6.45, 7) is 1.45. The molecule has 36 heavy (non-hydrogen) atoms. The molecule has 0 spiro atoms. The van der Waals surface area contributed by atoms with Crippen LogP contribution in [0.25, 0.3) is 10.8 Å². The van der Waals surface area contributed by atoms with Crippen LogP contribution in [0.4, 0.5) is 21.9 Å². The molecule has 0 saturated heterocycles. The van der Waals surface area contributed by atoms with Crippen LogP contribution in [0, 0.1) is 17.0 Å². The second kappa shape index (κ2) is 9.08. The van der Waals surface area contributed by atoms with Crippen LogP contribution in [0.3, 0.4) is 0 Å². The van der Waals surface area contributed by atoms with Gasteiger partial charge >= 0.3 is 6.03 Å². The van der Waals surface area contributed by atoms with Crippen LogP contribution in [0.15, 0.2) is 57.2 Å². The van der Waals surface area contributed by atoms with Gasteiger partial charge in [-0.2, -0.15) is 25.3 Å². The van der Waals surface area contributed by atoms with Crippen LogP contribution < -0.4 is 10.6 Å². The number of nitro benzene ring substituents is 1. The zero-order valence-corrected chi connectivity index (χ0v) is 20.2. The Kier molecular flexibility index (Phi) is 6.79. The van der Waals surface area contributed by atoms with Crippen molar-refractivity contribution in [2.75, 3.05) is 10.6 Å². The van der Waals surface area contributed by atoms with Crippen molar-refractivity contribution in [2.45, 2.75) is 21.6 Å². The van der Waals surface area contributed by atoms with E-state index in [0.717, 1.165) is 6.07 Å². The van der Waals surface area contributed by atoms with E-state index in [4.69, 9.17) is 0 Å². The lowest BCUT2D eigenvalue weighted by molar-refractivity contribution is -0.385. The first kappa shape index (κ1) is 26.9. The third-order valence-electron chi connectivity index (χ3n) is 4.75.